The van der Waals surface area contributed by atoms with Crippen molar-refractivity contribution >= 4 is 0 Å². The second kappa shape index (κ2) is 6.49. The summed E-state index contributed by atoms with van der Waals surface area (Å²) < 4.78 is 1.88. The highest BCUT2D eigenvalue weighted by Crippen LogP contribution is 2.21. The van der Waals surface area contributed by atoms with Crippen LogP contribution in [0.4, 0.5) is 0 Å². The number of pyridine rings is 1. The fourth-order valence-electron chi connectivity index (χ4n) is 2.78. The third-order valence-electron chi connectivity index (χ3n) is 4.39. The maximum atomic E-state index is 12.7. The maximum absolute atomic E-state index is 12.7. The van der Waals surface area contributed by atoms with Crippen LogP contribution < -0.4 is 10.9 Å². The van der Waals surface area contributed by atoms with E-state index in [9.17, 15) is 4.79 Å². The van der Waals surface area contributed by atoms with Gasteiger partial charge < -0.3 is 9.88 Å². The van der Waals surface area contributed by atoms with Gasteiger partial charge in [-0.15, -0.1) is 0 Å². The van der Waals surface area contributed by atoms with Crippen LogP contribution in [-0.4, -0.2) is 10.6 Å². The molecule has 1 saturated carbocycles. The number of nitrogens with zero attached hydrogens (tertiary/aromatic N) is 1. The van der Waals surface area contributed by atoms with E-state index in [4.69, 9.17) is 0 Å². The summed E-state index contributed by atoms with van der Waals surface area (Å²) in [4.78, 5) is 12.7. The fraction of sp³-hybridized carbons (Fsp3) is 0.421. The number of hydrogen-bond donors (Lipinski definition) is 1. The monoisotopic (exact) mass is 296 g/mol. The Morgan fingerprint density at radius 1 is 1.09 bits per heavy atom. The summed E-state index contributed by atoms with van der Waals surface area (Å²) in [5.74, 6) is 0. The Hall–Kier alpha value is -1.87. The predicted octanol–water partition coefficient (Wildman–Crippen LogP) is 3.35. The van der Waals surface area contributed by atoms with Gasteiger partial charge >= 0.3 is 0 Å². The number of aryl methyl sites for hydroxylation is 1. The zero-order chi connectivity index (χ0) is 15.5. The molecule has 3 nitrogen and oxygen atoms in total. The molecule has 0 atom stereocenters. The Balaban J connectivity index is 1.92. The van der Waals surface area contributed by atoms with Gasteiger partial charge in [-0.25, -0.2) is 0 Å². The normalized spacial score (nSPS) is 14.3. The van der Waals surface area contributed by atoms with E-state index in [2.05, 4.69) is 42.6 Å². The number of hydrogen-bond acceptors (Lipinski definition) is 2. The first kappa shape index (κ1) is 15.0. The lowest BCUT2D eigenvalue weighted by atomic mass is 10.1. The molecule has 0 spiro atoms. The van der Waals surface area contributed by atoms with Crippen molar-refractivity contribution in [2.75, 3.05) is 0 Å². The second-order valence-electron chi connectivity index (χ2n) is 6.00. The molecule has 2 aromatic rings. The van der Waals surface area contributed by atoms with Crippen molar-refractivity contribution < 1.29 is 0 Å². The Bertz CT molecular complexity index is 696. The van der Waals surface area contributed by atoms with Gasteiger partial charge in [-0.05, 0) is 43.4 Å². The van der Waals surface area contributed by atoms with Crippen molar-refractivity contribution in [3.63, 3.8) is 0 Å². The van der Waals surface area contributed by atoms with Crippen LogP contribution >= 0.6 is 0 Å². The lowest BCUT2D eigenvalue weighted by Gasteiger charge is -2.14. The second-order valence-corrected chi connectivity index (χ2v) is 6.00. The molecule has 1 N–H and O–H groups in total. The van der Waals surface area contributed by atoms with Crippen molar-refractivity contribution in [2.24, 2.45) is 0 Å². The first-order valence-electron chi connectivity index (χ1n) is 8.28. The molecule has 1 aromatic carbocycles. The average Bonchev–Trinajstić information content (AvgIpc) is 3.38. The van der Waals surface area contributed by atoms with E-state index in [0.717, 1.165) is 23.2 Å². The molecule has 0 bridgehead atoms. The van der Waals surface area contributed by atoms with Crippen LogP contribution in [0.15, 0.2) is 41.2 Å². The van der Waals surface area contributed by atoms with Crippen molar-refractivity contribution in [3.05, 3.63) is 57.9 Å². The number of rotatable bonds is 6. The van der Waals surface area contributed by atoms with E-state index >= 15 is 0 Å². The van der Waals surface area contributed by atoms with Gasteiger partial charge in [-0.3, -0.25) is 4.79 Å². The van der Waals surface area contributed by atoms with Crippen LogP contribution in [0.5, 0.6) is 0 Å². The molecule has 1 heterocycles. The molecule has 0 radical (unpaired) electrons. The van der Waals surface area contributed by atoms with E-state index in [-0.39, 0.29) is 5.56 Å². The van der Waals surface area contributed by atoms with E-state index in [1.807, 2.05) is 17.6 Å². The lowest BCUT2D eigenvalue weighted by molar-refractivity contribution is 0.660. The Morgan fingerprint density at radius 3 is 2.41 bits per heavy atom. The van der Waals surface area contributed by atoms with Gasteiger partial charge in [0.2, 0.25) is 0 Å². The van der Waals surface area contributed by atoms with Gasteiger partial charge in [0, 0.05) is 24.7 Å². The summed E-state index contributed by atoms with van der Waals surface area (Å²) >= 11 is 0. The quantitative estimate of drug-likeness (QED) is 0.887. The van der Waals surface area contributed by atoms with Crippen LogP contribution in [0, 0.1) is 0 Å². The van der Waals surface area contributed by atoms with Crippen molar-refractivity contribution in [3.8, 4) is 11.3 Å². The first-order chi connectivity index (χ1) is 10.7. The minimum atomic E-state index is 0.132. The zero-order valence-electron chi connectivity index (χ0n) is 13.4. The van der Waals surface area contributed by atoms with Gasteiger partial charge in [0.15, 0.2) is 0 Å². The molecule has 116 valence electrons. The molecule has 1 aliphatic rings. The van der Waals surface area contributed by atoms with E-state index < -0.39 is 0 Å². The van der Waals surface area contributed by atoms with E-state index in [0.29, 0.717) is 19.1 Å². The summed E-state index contributed by atoms with van der Waals surface area (Å²) in [5, 5.41) is 3.43. The molecule has 1 aromatic heterocycles. The van der Waals surface area contributed by atoms with Gasteiger partial charge in [0.1, 0.15) is 0 Å². The minimum Gasteiger partial charge on any atom is -0.310 e. The van der Waals surface area contributed by atoms with Crippen molar-refractivity contribution in [2.45, 2.75) is 52.2 Å². The van der Waals surface area contributed by atoms with Crippen LogP contribution in [0.25, 0.3) is 11.3 Å². The number of aromatic nitrogens is 1. The van der Waals surface area contributed by atoms with E-state index in [1.165, 1.54) is 18.4 Å². The molecular weight excluding hydrogens is 272 g/mol. The summed E-state index contributed by atoms with van der Waals surface area (Å²) in [5.41, 5.74) is 4.43. The van der Waals surface area contributed by atoms with Gasteiger partial charge in [0.05, 0.1) is 5.69 Å². The predicted molar refractivity (Wildman–Crippen MR) is 91.1 cm³/mol. The minimum absolute atomic E-state index is 0.132. The molecule has 0 aliphatic heterocycles. The van der Waals surface area contributed by atoms with Crippen LogP contribution in [0.1, 0.15) is 37.8 Å². The fourth-order valence-corrected chi connectivity index (χ4v) is 2.78. The molecule has 0 unspecified atom stereocenters. The highest BCUT2D eigenvalue weighted by atomic mass is 16.1. The maximum Gasteiger partial charge on any atom is 0.255 e. The first-order valence-corrected chi connectivity index (χ1v) is 8.28. The van der Waals surface area contributed by atoms with E-state index in [1.54, 1.807) is 0 Å². The Labute approximate surface area is 132 Å². The topological polar surface area (TPSA) is 34.0 Å². The highest BCUT2D eigenvalue weighted by molar-refractivity contribution is 5.60. The molecular formula is C19H24N2O. The van der Waals surface area contributed by atoms with Crippen LogP contribution in [0.3, 0.4) is 0 Å². The third kappa shape index (κ3) is 3.14. The SMILES string of the molecule is CCc1ccc(-c2ccc(CNC3CC3)c(=O)n2CC)cc1. The average molecular weight is 296 g/mol. The van der Waals surface area contributed by atoms with Crippen molar-refractivity contribution in [1.82, 2.24) is 9.88 Å². The number of nitrogens with one attached hydrogen (secondary N) is 1. The summed E-state index contributed by atoms with van der Waals surface area (Å²) in [6.45, 7) is 5.56. The number of benzene rings is 1. The molecule has 1 fully saturated rings. The summed E-state index contributed by atoms with van der Waals surface area (Å²) in [6, 6.07) is 13.2. The summed E-state index contributed by atoms with van der Waals surface area (Å²) in [6.07, 6.45) is 3.51. The van der Waals surface area contributed by atoms with Gasteiger partial charge in [-0.1, -0.05) is 37.3 Å². The van der Waals surface area contributed by atoms with Crippen molar-refractivity contribution in [1.29, 1.82) is 0 Å². The lowest BCUT2D eigenvalue weighted by Crippen LogP contribution is -2.28. The Kier molecular flexibility index (Phi) is 4.44. The smallest absolute Gasteiger partial charge is 0.255 e. The zero-order valence-corrected chi connectivity index (χ0v) is 13.4. The van der Waals surface area contributed by atoms with Gasteiger partial charge in [-0.2, -0.15) is 0 Å². The standard InChI is InChI=1S/C19H24N2O/c1-3-14-5-7-15(8-6-14)18-12-9-16(13-20-17-10-11-17)19(22)21(18)4-2/h5-9,12,17,20H,3-4,10-11,13H2,1-2H3. The molecule has 22 heavy (non-hydrogen) atoms. The molecule has 3 heteroatoms. The van der Waals surface area contributed by atoms with Crippen LogP contribution in [0.2, 0.25) is 0 Å². The molecule has 0 amide bonds. The highest BCUT2D eigenvalue weighted by Gasteiger charge is 2.20. The molecule has 1 aliphatic carbocycles. The molecule has 0 saturated heterocycles. The van der Waals surface area contributed by atoms with Gasteiger partial charge in [0.25, 0.3) is 5.56 Å². The Morgan fingerprint density at radius 2 is 1.82 bits per heavy atom. The molecule has 3 rings (SSSR count). The summed E-state index contributed by atoms with van der Waals surface area (Å²) in [7, 11) is 0. The van der Waals surface area contributed by atoms with Crippen LogP contribution in [-0.2, 0) is 19.5 Å². The third-order valence-corrected chi connectivity index (χ3v) is 4.39. The largest absolute Gasteiger partial charge is 0.310 e.